The number of rotatable bonds is 2. The lowest BCUT2D eigenvalue weighted by molar-refractivity contribution is 0.145. The molecule has 0 aromatic heterocycles. The van der Waals surface area contributed by atoms with Gasteiger partial charge in [0.15, 0.2) is 0 Å². The molecular formula is C11H13FO2. The fourth-order valence-electron chi connectivity index (χ4n) is 1.82. The molecule has 76 valence electrons. The molecule has 0 bridgehead atoms. The summed E-state index contributed by atoms with van der Waals surface area (Å²) in [6.45, 7) is 1.77. The Kier molecular flexibility index (Phi) is 2.00. The molecule has 1 aliphatic rings. The Balaban J connectivity index is 2.56. The van der Waals surface area contributed by atoms with Crippen LogP contribution >= 0.6 is 0 Å². The van der Waals surface area contributed by atoms with Gasteiger partial charge >= 0.3 is 0 Å². The molecule has 2 rings (SSSR count). The van der Waals surface area contributed by atoms with Crippen LogP contribution in [0.2, 0.25) is 0 Å². The molecule has 1 fully saturated rings. The average molecular weight is 196 g/mol. The van der Waals surface area contributed by atoms with E-state index in [4.69, 9.17) is 4.74 Å². The topological polar surface area (TPSA) is 29.5 Å². The van der Waals surface area contributed by atoms with Crippen LogP contribution in [-0.4, -0.2) is 12.2 Å². The number of hydrogen-bond acceptors (Lipinski definition) is 2. The number of benzene rings is 1. The van der Waals surface area contributed by atoms with E-state index in [1.165, 1.54) is 6.07 Å². The second-order valence-electron chi connectivity index (χ2n) is 3.78. The van der Waals surface area contributed by atoms with E-state index >= 15 is 0 Å². The Morgan fingerprint density at radius 1 is 1.43 bits per heavy atom. The Labute approximate surface area is 82.3 Å². The first kappa shape index (κ1) is 9.46. The first-order valence-electron chi connectivity index (χ1n) is 4.64. The number of hydrogen-bond donors (Lipinski definition) is 1. The van der Waals surface area contributed by atoms with Crippen molar-refractivity contribution in [2.45, 2.75) is 25.4 Å². The summed E-state index contributed by atoms with van der Waals surface area (Å²) in [5.41, 5.74) is 0.159. The van der Waals surface area contributed by atoms with Gasteiger partial charge in [-0.1, -0.05) is 0 Å². The Morgan fingerprint density at radius 3 is 2.57 bits per heavy atom. The smallest absolute Gasteiger partial charge is 0.129 e. The summed E-state index contributed by atoms with van der Waals surface area (Å²) in [6.07, 6.45) is 1.27. The molecule has 1 aromatic carbocycles. The molecule has 0 radical (unpaired) electrons. The molecule has 0 atom stereocenters. The van der Waals surface area contributed by atoms with Gasteiger partial charge in [0.25, 0.3) is 0 Å². The van der Waals surface area contributed by atoms with Crippen LogP contribution in [0.15, 0.2) is 12.1 Å². The number of methoxy groups -OCH3 is 1. The lowest BCUT2D eigenvalue weighted by Crippen LogP contribution is -2.10. The van der Waals surface area contributed by atoms with E-state index in [0.717, 1.165) is 0 Å². The molecule has 0 unspecified atom stereocenters. The van der Waals surface area contributed by atoms with Crippen molar-refractivity contribution in [2.24, 2.45) is 0 Å². The van der Waals surface area contributed by atoms with E-state index in [1.54, 1.807) is 20.1 Å². The van der Waals surface area contributed by atoms with Crippen molar-refractivity contribution in [3.05, 3.63) is 29.1 Å². The maximum Gasteiger partial charge on any atom is 0.129 e. The van der Waals surface area contributed by atoms with Gasteiger partial charge in [0.2, 0.25) is 0 Å². The van der Waals surface area contributed by atoms with Crippen molar-refractivity contribution in [2.75, 3.05) is 7.11 Å². The van der Waals surface area contributed by atoms with Crippen LogP contribution in [0.5, 0.6) is 5.75 Å². The molecule has 1 N–H and O–H groups in total. The number of ether oxygens (including phenoxy) is 1. The lowest BCUT2D eigenvalue weighted by atomic mass is 10.00. The monoisotopic (exact) mass is 196 g/mol. The Bertz CT molecular complexity index is 370. The van der Waals surface area contributed by atoms with E-state index in [9.17, 15) is 9.50 Å². The van der Waals surface area contributed by atoms with Crippen LogP contribution in [0.3, 0.4) is 0 Å². The molecule has 0 heterocycles. The van der Waals surface area contributed by atoms with Gasteiger partial charge in [-0.2, -0.15) is 0 Å². The SMILES string of the molecule is COc1ccc(F)c(C2(O)CC2)c1C. The molecule has 1 aliphatic carbocycles. The molecule has 14 heavy (non-hydrogen) atoms. The zero-order valence-electron chi connectivity index (χ0n) is 8.30. The molecule has 1 saturated carbocycles. The van der Waals surface area contributed by atoms with Crippen molar-refractivity contribution in [1.82, 2.24) is 0 Å². The summed E-state index contributed by atoms with van der Waals surface area (Å²) in [7, 11) is 1.54. The second-order valence-corrected chi connectivity index (χ2v) is 3.78. The van der Waals surface area contributed by atoms with Crippen LogP contribution in [0.4, 0.5) is 4.39 Å². The highest BCUT2D eigenvalue weighted by molar-refractivity contribution is 5.45. The highest BCUT2D eigenvalue weighted by Gasteiger charge is 2.45. The fourth-order valence-corrected chi connectivity index (χ4v) is 1.82. The summed E-state index contributed by atoms with van der Waals surface area (Å²) < 4.78 is 18.6. The fraction of sp³-hybridized carbons (Fsp3) is 0.455. The van der Waals surface area contributed by atoms with Gasteiger partial charge < -0.3 is 9.84 Å². The predicted octanol–water partition coefficient (Wildman–Crippen LogP) is 2.12. The van der Waals surface area contributed by atoms with Crippen molar-refractivity contribution >= 4 is 0 Å². The molecule has 1 aromatic rings. The van der Waals surface area contributed by atoms with Crippen LogP contribution in [-0.2, 0) is 5.60 Å². The van der Waals surface area contributed by atoms with Crippen molar-refractivity contribution in [3.63, 3.8) is 0 Å². The van der Waals surface area contributed by atoms with Gasteiger partial charge in [0.05, 0.1) is 12.7 Å². The lowest BCUT2D eigenvalue weighted by Gasteiger charge is -2.15. The van der Waals surface area contributed by atoms with Crippen molar-refractivity contribution in [3.8, 4) is 5.75 Å². The maximum absolute atomic E-state index is 13.5. The standard InChI is InChI=1S/C11H13FO2/c1-7-9(14-2)4-3-8(12)10(7)11(13)5-6-11/h3-4,13H,5-6H2,1-2H3. The van der Waals surface area contributed by atoms with E-state index in [2.05, 4.69) is 0 Å². The summed E-state index contributed by atoms with van der Waals surface area (Å²) >= 11 is 0. The first-order valence-corrected chi connectivity index (χ1v) is 4.64. The van der Waals surface area contributed by atoms with Gasteiger partial charge in [0.1, 0.15) is 11.6 Å². The summed E-state index contributed by atoms with van der Waals surface area (Å²) in [4.78, 5) is 0. The molecular weight excluding hydrogens is 183 g/mol. The minimum absolute atomic E-state index is 0.344. The maximum atomic E-state index is 13.5. The summed E-state index contributed by atoms with van der Waals surface area (Å²) in [5.74, 6) is 0.282. The quantitative estimate of drug-likeness (QED) is 0.785. The second kappa shape index (κ2) is 2.95. The highest BCUT2D eigenvalue weighted by atomic mass is 19.1. The van der Waals surface area contributed by atoms with Crippen LogP contribution in [0, 0.1) is 12.7 Å². The zero-order chi connectivity index (χ0) is 10.3. The van der Waals surface area contributed by atoms with Gasteiger partial charge in [0, 0.05) is 11.1 Å². The van der Waals surface area contributed by atoms with Crippen LogP contribution < -0.4 is 4.74 Å². The third-order valence-corrected chi connectivity index (χ3v) is 2.77. The summed E-state index contributed by atoms with van der Waals surface area (Å²) in [6, 6.07) is 2.93. The Morgan fingerprint density at radius 2 is 2.07 bits per heavy atom. The zero-order valence-corrected chi connectivity index (χ0v) is 8.30. The number of aliphatic hydroxyl groups is 1. The average Bonchev–Trinajstić information content (AvgIpc) is 2.85. The third-order valence-electron chi connectivity index (χ3n) is 2.77. The molecule has 3 heteroatoms. The first-order chi connectivity index (χ1) is 6.58. The van der Waals surface area contributed by atoms with Crippen LogP contribution in [0.1, 0.15) is 24.0 Å². The van der Waals surface area contributed by atoms with Crippen LogP contribution in [0.25, 0.3) is 0 Å². The molecule has 0 aliphatic heterocycles. The molecule has 2 nitrogen and oxygen atoms in total. The van der Waals surface area contributed by atoms with E-state index < -0.39 is 5.60 Å². The molecule has 0 spiro atoms. The minimum atomic E-state index is -0.942. The third kappa shape index (κ3) is 1.28. The van der Waals surface area contributed by atoms with E-state index in [-0.39, 0.29) is 5.82 Å². The number of halogens is 1. The largest absolute Gasteiger partial charge is 0.496 e. The van der Waals surface area contributed by atoms with Crippen molar-refractivity contribution < 1.29 is 14.2 Å². The molecule has 0 saturated heterocycles. The van der Waals surface area contributed by atoms with Gasteiger partial charge in [-0.25, -0.2) is 4.39 Å². The van der Waals surface area contributed by atoms with E-state index in [0.29, 0.717) is 29.7 Å². The summed E-state index contributed by atoms with van der Waals surface area (Å²) in [5, 5.41) is 9.89. The Hall–Kier alpha value is -1.09. The van der Waals surface area contributed by atoms with Gasteiger partial charge in [-0.15, -0.1) is 0 Å². The minimum Gasteiger partial charge on any atom is -0.496 e. The predicted molar refractivity (Wildman–Crippen MR) is 50.8 cm³/mol. The van der Waals surface area contributed by atoms with Gasteiger partial charge in [-0.05, 0) is 31.9 Å². The highest BCUT2D eigenvalue weighted by Crippen LogP contribution is 2.48. The normalized spacial score (nSPS) is 18.0. The van der Waals surface area contributed by atoms with Crippen molar-refractivity contribution in [1.29, 1.82) is 0 Å². The molecule has 0 amide bonds. The van der Waals surface area contributed by atoms with E-state index in [1.807, 2.05) is 0 Å². The van der Waals surface area contributed by atoms with Gasteiger partial charge in [-0.3, -0.25) is 0 Å².